The Labute approximate surface area is 113 Å². The minimum atomic E-state index is -2.83. The predicted octanol–water partition coefficient (Wildman–Crippen LogP) is 2.62. The van der Waals surface area contributed by atoms with E-state index in [2.05, 4.69) is 26.1 Å². The molecule has 3 nitrogen and oxygen atoms in total. The van der Waals surface area contributed by atoms with Gasteiger partial charge in [0.1, 0.15) is 9.84 Å². The number of hydrogen-bond donors (Lipinski definition) is 1. The smallest absolute Gasteiger partial charge is 0.147 e. The van der Waals surface area contributed by atoms with E-state index in [1.807, 2.05) is 0 Å². The molecule has 1 fully saturated rings. The van der Waals surface area contributed by atoms with E-state index >= 15 is 0 Å². The number of sulfone groups is 1. The quantitative estimate of drug-likeness (QED) is 0.810. The molecule has 0 aromatic rings. The average Bonchev–Trinajstić information content (AvgIpc) is 2.67. The van der Waals surface area contributed by atoms with Crippen molar-refractivity contribution in [3.05, 3.63) is 0 Å². The summed E-state index contributed by atoms with van der Waals surface area (Å²) >= 11 is 0. The van der Waals surface area contributed by atoms with Gasteiger partial charge in [-0.25, -0.2) is 8.42 Å². The summed E-state index contributed by atoms with van der Waals surface area (Å²) < 4.78 is 22.7. The van der Waals surface area contributed by atoms with E-state index in [1.54, 1.807) is 0 Å². The van der Waals surface area contributed by atoms with Crippen molar-refractivity contribution in [1.29, 1.82) is 0 Å². The van der Waals surface area contributed by atoms with Crippen molar-refractivity contribution in [2.45, 2.75) is 58.4 Å². The molecule has 0 aromatic carbocycles. The van der Waals surface area contributed by atoms with E-state index in [9.17, 15) is 8.42 Å². The van der Waals surface area contributed by atoms with Crippen LogP contribution in [0.5, 0.6) is 0 Å². The van der Waals surface area contributed by atoms with Crippen LogP contribution in [-0.2, 0) is 9.84 Å². The van der Waals surface area contributed by atoms with Crippen molar-refractivity contribution in [3.63, 3.8) is 0 Å². The third kappa shape index (κ3) is 6.74. The fraction of sp³-hybridized carbons (Fsp3) is 1.00. The van der Waals surface area contributed by atoms with Gasteiger partial charge < -0.3 is 5.32 Å². The lowest BCUT2D eigenvalue weighted by Gasteiger charge is -2.28. The molecule has 4 heteroatoms. The summed E-state index contributed by atoms with van der Waals surface area (Å²) in [5.74, 6) is 1.57. The van der Waals surface area contributed by atoms with Crippen LogP contribution < -0.4 is 5.32 Å². The Bertz CT molecular complexity index is 337. The van der Waals surface area contributed by atoms with Crippen LogP contribution in [0.25, 0.3) is 0 Å². The first-order chi connectivity index (χ1) is 8.17. The van der Waals surface area contributed by atoms with Gasteiger partial charge in [-0.15, -0.1) is 0 Å². The van der Waals surface area contributed by atoms with E-state index in [0.29, 0.717) is 11.7 Å². The number of hydrogen-bond acceptors (Lipinski definition) is 3. The van der Waals surface area contributed by atoms with E-state index in [4.69, 9.17) is 0 Å². The Morgan fingerprint density at radius 2 is 1.78 bits per heavy atom. The zero-order valence-electron chi connectivity index (χ0n) is 12.3. The molecule has 0 saturated heterocycles. The fourth-order valence-corrected chi connectivity index (χ4v) is 3.47. The minimum absolute atomic E-state index is 0.113. The Morgan fingerprint density at radius 1 is 1.22 bits per heavy atom. The number of rotatable bonds is 6. The minimum Gasteiger partial charge on any atom is -0.312 e. The molecule has 0 radical (unpaired) electrons. The molecule has 108 valence electrons. The highest BCUT2D eigenvalue weighted by Gasteiger charge is 2.26. The van der Waals surface area contributed by atoms with Crippen LogP contribution in [-0.4, -0.2) is 32.5 Å². The van der Waals surface area contributed by atoms with Crippen LogP contribution in [0.4, 0.5) is 0 Å². The van der Waals surface area contributed by atoms with E-state index < -0.39 is 9.84 Å². The van der Waals surface area contributed by atoms with Crippen molar-refractivity contribution in [3.8, 4) is 0 Å². The fourth-order valence-electron chi connectivity index (χ4n) is 2.74. The maximum absolute atomic E-state index is 11.3. The number of nitrogens with one attached hydrogen (secondary N) is 1. The molecule has 1 rings (SSSR count). The van der Waals surface area contributed by atoms with Gasteiger partial charge in [0.15, 0.2) is 0 Å². The van der Waals surface area contributed by atoms with Crippen LogP contribution in [0.2, 0.25) is 0 Å². The Balaban J connectivity index is 2.51. The highest BCUT2D eigenvalue weighted by atomic mass is 32.2. The maximum Gasteiger partial charge on any atom is 0.147 e. The van der Waals surface area contributed by atoms with Crippen molar-refractivity contribution in [1.82, 2.24) is 5.32 Å². The van der Waals surface area contributed by atoms with Gasteiger partial charge in [0, 0.05) is 11.8 Å². The molecule has 1 aliphatic rings. The lowest BCUT2D eigenvalue weighted by Crippen LogP contribution is -2.41. The van der Waals surface area contributed by atoms with Gasteiger partial charge in [0.25, 0.3) is 0 Å². The van der Waals surface area contributed by atoms with Gasteiger partial charge in [0.05, 0.1) is 5.75 Å². The third-order valence-electron chi connectivity index (χ3n) is 3.82. The molecule has 0 aliphatic heterocycles. The molecular formula is C14H29NO2S. The van der Waals surface area contributed by atoms with Crippen LogP contribution in [0.15, 0.2) is 0 Å². The van der Waals surface area contributed by atoms with Gasteiger partial charge in [-0.2, -0.15) is 0 Å². The average molecular weight is 275 g/mol. The third-order valence-corrected chi connectivity index (χ3v) is 4.80. The monoisotopic (exact) mass is 275 g/mol. The van der Waals surface area contributed by atoms with Crippen LogP contribution in [0.3, 0.4) is 0 Å². The van der Waals surface area contributed by atoms with Gasteiger partial charge in [0.2, 0.25) is 0 Å². The van der Waals surface area contributed by atoms with E-state index in [0.717, 1.165) is 18.9 Å². The molecule has 1 aliphatic carbocycles. The molecule has 0 amide bonds. The summed E-state index contributed by atoms with van der Waals surface area (Å²) in [6.45, 7) is 7.43. The summed E-state index contributed by atoms with van der Waals surface area (Å²) in [4.78, 5) is 0. The molecule has 1 N–H and O–H groups in total. The molecule has 1 saturated carbocycles. The van der Waals surface area contributed by atoms with Crippen molar-refractivity contribution >= 4 is 9.84 Å². The first-order valence-electron chi connectivity index (χ1n) is 7.10. The van der Waals surface area contributed by atoms with Crippen molar-refractivity contribution < 1.29 is 8.42 Å². The molecule has 0 aromatic heterocycles. The second kappa shape index (κ2) is 6.38. The van der Waals surface area contributed by atoms with Crippen LogP contribution in [0.1, 0.15) is 52.9 Å². The second-order valence-corrected chi connectivity index (χ2v) is 9.11. The van der Waals surface area contributed by atoms with Gasteiger partial charge in [-0.05, 0) is 45.6 Å². The standard InChI is InChI=1S/C14H29NO2S/c1-14(2,3)15-11-13(9-10-18(4,16)17)12-7-5-6-8-12/h12-13,15H,5-11H2,1-4H3. The predicted molar refractivity (Wildman–Crippen MR) is 77.5 cm³/mol. The highest BCUT2D eigenvalue weighted by Crippen LogP contribution is 2.33. The SMILES string of the molecule is CC(C)(C)NCC(CCS(C)(=O)=O)C1CCCC1. The normalized spacial score (nSPS) is 20.2. The van der Waals surface area contributed by atoms with Gasteiger partial charge in [-0.1, -0.05) is 25.7 Å². The largest absolute Gasteiger partial charge is 0.312 e. The molecule has 0 spiro atoms. The van der Waals surface area contributed by atoms with Gasteiger partial charge >= 0.3 is 0 Å². The maximum atomic E-state index is 11.3. The lowest BCUT2D eigenvalue weighted by atomic mass is 9.88. The molecule has 0 heterocycles. The summed E-state index contributed by atoms with van der Waals surface area (Å²) in [6.07, 6.45) is 7.34. The topological polar surface area (TPSA) is 46.2 Å². The van der Waals surface area contributed by atoms with Crippen molar-refractivity contribution in [2.75, 3.05) is 18.6 Å². The van der Waals surface area contributed by atoms with Gasteiger partial charge in [-0.3, -0.25) is 0 Å². The molecular weight excluding hydrogens is 246 g/mol. The summed E-state index contributed by atoms with van der Waals surface area (Å²) in [7, 11) is -2.83. The zero-order chi connectivity index (χ0) is 13.8. The Morgan fingerprint density at radius 3 is 2.22 bits per heavy atom. The first-order valence-corrected chi connectivity index (χ1v) is 9.16. The van der Waals surface area contributed by atoms with Crippen LogP contribution in [0, 0.1) is 11.8 Å². The molecule has 0 bridgehead atoms. The van der Waals surface area contributed by atoms with E-state index in [-0.39, 0.29) is 5.54 Å². The summed E-state index contributed by atoms with van der Waals surface area (Å²) in [5.41, 5.74) is 0.113. The van der Waals surface area contributed by atoms with Crippen molar-refractivity contribution in [2.24, 2.45) is 11.8 Å². The van der Waals surface area contributed by atoms with E-state index in [1.165, 1.54) is 31.9 Å². The Hall–Kier alpha value is -0.0900. The lowest BCUT2D eigenvalue weighted by molar-refractivity contribution is 0.282. The summed E-state index contributed by atoms with van der Waals surface area (Å²) in [6, 6.07) is 0. The summed E-state index contributed by atoms with van der Waals surface area (Å²) in [5, 5.41) is 3.54. The molecule has 1 unspecified atom stereocenters. The van der Waals surface area contributed by atoms with Crippen LogP contribution >= 0.6 is 0 Å². The molecule has 1 atom stereocenters. The second-order valence-electron chi connectivity index (χ2n) is 6.85. The molecule has 18 heavy (non-hydrogen) atoms. The Kier molecular flexibility index (Phi) is 5.66. The highest BCUT2D eigenvalue weighted by molar-refractivity contribution is 7.90. The first kappa shape index (κ1) is 16.0. The zero-order valence-corrected chi connectivity index (χ0v) is 13.1.